The van der Waals surface area contributed by atoms with Crippen molar-refractivity contribution in [1.82, 2.24) is 19.9 Å². The first kappa shape index (κ1) is 16.1. The highest BCUT2D eigenvalue weighted by Gasteiger charge is 2.22. The molecule has 26 heavy (non-hydrogen) atoms. The van der Waals surface area contributed by atoms with Crippen LogP contribution in [-0.2, 0) is 0 Å². The van der Waals surface area contributed by atoms with E-state index in [4.69, 9.17) is 10.5 Å². The van der Waals surface area contributed by atoms with E-state index in [1.54, 1.807) is 24.5 Å². The van der Waals surface area contributed by atoms with Gasteiger partial charge in [-0.25, -0.2) is 9.97 Å². The Balaban J connectivity index is 1.48. The minimum Gasteiger partial charge on any atom is -0.435 e. The Morgan fingerprint density at radius 2 is 1.73 bits per heavy atom. The van der Waals surface area contributed by atoms with Gasteiger partial charge in [0.1, 0.15) is 23.6 Å². The third-order valence-electron chi connectivity index (χ3n) is 4.23. The molecule has 1 saturated heterocycles. The number of rotatable bonds is 4. The Labute approximate surface area is 151 Å². The zero-order valence-corrected chi connectivity index (χ0v) is 14.2. The van der Waals surface area contributed by atoms with Crippen LogP contribution in [0.2, 0.25) is 0 Å². The van der Waals surface area contributed by atoms with E-state index < -0.39 is 0 Å². The molecule has 0 radical (unpaired) electrons. The summed E-state index contributed by atoms with van der Waals surface area (Å²) in [6.45, 7) is 3.28. The molecule has 0 amide bonds. The van der Waals surface area contributed by atoms with E-state index in [2.05, 4.69) is 29.7 Å². The summed E-state index contributed by atoms with van der Waals surface area (Å²) in [5.74, 6) is 2.61. The number of nitrogens with two attached hydrogens (primary N) is 1. The smallest absolute Gasteiger partial charge is 0.248 e. The number of hydrogen-bond donors (Lipinski definition) is 1. The van der Waals surface area contributed by atoms with Gasteiger partial charge in [0, 0.05) is 38.6 Å². The van der Waals surface area contributed by atoms with Crippen LogP contribution in [0, 0.1) is 0 Å². The molecule has 0 atom stereocenters. The van der Waals surface area contributed by atoms with Gasteiger partial charge in [0.2, 0.25) is 5.88 Å². The van der Waals surface area contributed by atoms with Crippen molar-refractivity contribution in [2.75, 3.05) is 41.7 Å². The van der Waals surface area contributed by atoms with Crippen molar-refractivity contribution in [2.24, 2.45) is 0 Å². The van der Waals surface area contributed by atoms with Crippen LogP contribution < -0.4 is 20.3 Å². The third kappa shape index (κ3) is 3.34. The summed E-state index contributed by atoms with van der Waals surface area (Å²) in [4.78, 5) is 21.4. The van der Waals surface area contributed by atoms with Gasteiger partial charge in [0.25, 0.3) is 0 Å². The SMILES string of the molecule is Nc1c(Oc2cccnc2)ncnc1N1CCN(c2ccccn2)CC1. The van der Waals surface area contributed by atoms with Gasteiger partial charge < -0.3 is 20.3 Å². The van der Waals surface area contributed by atoms with Crippen molar-refractivity contribution in [3.8, 4) is 11.6 Å². The molecule has 0 aliphatic carbocycles. The first-order valence-corrected chi connectivity index (χ1v) is 8.40. The molecule has 0 spiro atoms. The van der Waals surface area contributed by atoms with Crippen molar-refractivity contribution in [3.05, 3.63) is 55.2 Å². The molecule has 0 aromatic carbocycles. The van der Waals surface area contributed by atoms with E-state index in [1.807, 2.05) is 24.4 Å². The summed E-state index contributed by atoms with van der Waals surface area (Å²) in [6.07, 6.45) is 6.59. The lowest BCUT2D eigenvalue weighted by Gasteiger charge is -2.36. The van der Waals surface area contributed by atoms with E-state index in [1.165, 1.54) is 6.33 Å². The predicted molar refractivity (Wildman–Crippen MR) is 99.4 cm³/mol. The Kier molecular flexibility index (Phi) is 4.46. The Hall–Kier alpha value is -3.42. The van der Waals surface area contributed by atoms with Crippen LogP contribution in [-0.4, -0.2) is 46.1 Å². The number of nitrogens with zero attached hydrogens (tertiary/aromatic N) is 6. The number of pyridine rings is 2. The molecule has 0 bridgehead atoms. The van der Waals surface area contributed by atoms with Gasteiger partial charge in [-0.3, -0.25) is 4.98 Å². The summed E-state index contributed by atoms with van der Waals surface area (Å²) in [6, 6.07) is 9.54. The average molecular weight is 349 g/mol. The Morgan fingerprint density at radius 3 is 2.46 bits per heavy atom. The van der Waals surface area contributed by atoms with Crippen LogP contribution in [0.15, 0.2) is 55.2 Å². The first-order chi connectivity index (χ1) is 12.8. The number of anilines is 3. The molecule has 1 fully saturated rings. The fraction of sp³-hybridized carbons (Fsp3) is 0.222. The number of hydrogen-bond acceptors (Lipinski definition) is 8. The summed E-state index contributed by atoms with van der Waals surface area (Å²) in [5.41, 5.74) is 6.70. The molecule has 1 aliphatic rings. The standard InChI is InChI=1S/C18H19N7O/c19-16-17(22-13-23-18(16)26-14-4-3-6-20-12-14)25-10-8-24(9-11-25)15-5-1-2-7-21-15/h1-7,12-13H,8-11,19H2. The lowest BCUT2D eigenvalue weighted by Crippen LogP contribution is -2.47. The largest absolute Gasteiger partial charge is 0.435 e. The third-order valence-corrected chi connectivity index (χ3v) is 4.23. The number of aromatic nitrogens is 4. The van der Waals surface area contributed by atoms with Crippen LogP contribution in [0.5, 0.6) is 11.6 Å². The summed E-state index contributed by atoms with van der Waals surface area (Å²) >= 11 is 0. The molecule has 0 unspecified atom stereocenters. The topological polar surface area (TPSA) is 93.3 Å². The zero-order chi connectivity index (χ0) is 17.8. The van der Waals surface area contributed by atoms with Gasteiger partial charge in [-0.05, 0) is 24.3 Å². The van der Waals surface area contributed by atoms with Crippen molar-refractivity contribution >= 4 is 17.3 Å². The van der Waals surface area contributed by atoms with Crippen LogP contribution in [0.1, 0.15) is 0 Å². The van der Waals surface area contributed by atoms with Crippen molar-refractivity contribution < 1.29 is 4.74 Å². The van der Waals surface area contributed by atoms with E-state index in [9.17, 15) is 0 Å². The van der Waals surface area contributed by atoms with E-state index in [0.29, 0.717) is 23.1 Å². The molecule has 3 aromatic heterocycles. The maximum atomic E-state index is 6.27. The van der Waals surface area contributed by atoms with Crippen LogP contribution in [0.3, 0.4) is 0 Å². The van der Waals surface area contributed by atoms with Gasteiger partial charge in [0.05, 0.1) is 6.20 Å². The van der Waals surface area contributed by atoms with Crippen LogP contribution in [0.4, 0.5) is 17.3 Å². The molecule has 8 heteroatoms. The fourth-order valence-corrected chi connectivity index (χ4v) is 2.91. The molecule has 2 N–H and O–H groups in total. The van der Waals surface area contributed by atoms with E-state index in [-0.39, 0.29) is 0 Å². The van der Waals surface area contributed by atoms with Crippen LogP contribution >= 0.6 is 0 Å². The van der Waals surface area contributed by atoms with Crippen molar-refractivity contribution in [2.45, 2.75) is 0 Å². The minimum absolute atomic E-state index is 0.343. The highest BCUT2D eigenvalue weighted by molar-refractivity contribution is 5.68. The van der Waals surface area contributed by atoms with E-state index >= 15 is 0 Å². The quantitative estimate of drug-likeness (QED) is 0.764. The summed E-state index contributed by atoms with van der Waals surface area (Å²) in [7, 11) is 0. The number of ether oxygens (including phenoxy) is 1. The van der Waals surface area contributed by atoms with Gasteiger partial charge in [-0.2, -0.15) is 4.98 Å². The van der Waals surface area contributed by atoms with E-state index in [0.717, 1.165) is 32.0 Å². The Bertz CT molecular complexity index is 852. The molecule has 1 aliphatic heterocycles. The molecule has 132 valence electrons. The van der Waals surface area contributed by atoms with Crippen molar-refractivity contribution in [1.29, 1.82) is 0 Å². The van der Waals surface area contributed by atoms with Gasteiger partial charge in [-0.1, -0.05) is 6.07 Å². The molecular weight excluding hydrogens is 330 g/mol. The second kappa shape index (κ2) is 7.22. The second-order valence-electron chi connectivity index (χ2n) is 5.87. The first-order valence-electron chi connectivity index (χ1n) is 8.40. The molecule has 8 nitrogen and oxygen atoms in total. The highest BCUT2D eigenvalue weighted by atomic mass is 16.5. The monoisotopic (exact) mass is 349 g/mol. The minimum atomic E-state index is 0.343. The average Bonchev–Trinajstić information content (AvgIpc) is 2.71. The highest BCUT2D eigenvalue weighted by Crippen LogP contribution is 2.31. The maximum absolute atomic E-state index is 6.27. The molecule has 4 heterocycles. The lowest BCUT2D eigenvalue weighted by molar-refractivity contribution is 0.461. The predicted octanol–water partition coefficient (Wildman–Crippen LogP) is 1.97. The second-order valence-corrected chi connectivity index (χ2v) is 5.87. The number of piperazine rings is 1. The normalized spacial score (nSPS) is 14.3. The molecule has 0 saturated carbocycles. The molecular formula is C18H19N7O. The summed E-state index contributed by atoms with van der Waals surface area (Å²) < 4.78 is 5.75. The Morgan fingerprint density at radius 1 is 0.885 bits per heavy atom. The van der Waals surface area contributed by atoms with Crippen LogP contribution in [0.25, 0.3) is 0 Å². The lowest BCUT2D eigenvalue weighted by atomic mass is 10.3. The zero-order valence-electron chi connectivity index (χ0n) is 14.2. The van der Waals surface area contributed by atoms with Crippen molar-refractivity contribution in [3.63, 3.8) is 0 Å². The molecule has 4 rings (SSSR count). The summed E-state index contributed by atoms with van der Waals surface area (Å²) in [5, 5.41) is 0. The van der Waals surface area contributed by atoms with Gasteiger partial charge in [-0.15, -0.1) is 0 Å². The van der Waals surface area contributed by atoms with Gasteiger partial charge in [0.15, 0.2) is 5.82 Å². The molecule has 3 aromatic rings. The number of nitrogen functional groups attached to an aromatic ring is 1. The maximum Gasteiger partial charge on any atom is 0.248 e. The van der Waals surface area contributed by atoms with Gasteiger partial charge >= 0.3 is 0 Å². The fourth-order valence-electron chi connectivity index (χ4n) is 2.91.